The first-order valence-electron chi connectivity index (χ1n) is 1.47. The molecule has 0 aromatic carbocycles. The fraction of sp³-hybridized carbons (Fsp3) is 1.00. The Labute approximate surface area is 45.1 Å². The highest BCUT2D eigenvalue weighted by atomic mass is 79.9. The van der Waals surface area contributed by atoms with E-state index in [2.05, 4.69) is 22.9 Å². The Bertz CT molecular complexity index is 8.85. The Morgan fingerprint density at radius 3 is 1.80 bits per heavy atom. The van der Waals surface area contributed by atoms with Gasteiger partial charge in [-0.25, -0.2) is 0 Å². The van der Waals surface area contributed by atoms with E-state index < -0.39 is 0 Å². The Morgan fingerprint density at radius 1 is 1.60 bits per heavy atom. The standard InChI is InChI=1S/C3H7Br.H3P/c1-2-3-4;/h2-3H2,1H3;1H3. The minimum Gasteiger partial charge on any atom is -0.153 e. The molecule has 0 aliphatic heterocycles. The minimum atomic E-state index is 0. The Hall–Kier alpha value is 0.910. The largest absolute Gasteiger partial charge is 0.153 e. The third-order valence-corrected chi connectivity index (χ3v) is 0.982. The van der Waals surface area contributed by atoms with Crippen molar-refractivity contribution in [3.05, 3.63) is 0 Å². The second kappa shape index (κ2) is 8.86. The van der Waals surface area contributed by atoms with Gasteiger partial charge in [-0.2, -0.15) is 9.90 Å². The molecule has 0 heterocycles. The van der Waals surface area contributed by atoms with Gasteiger partial charge in [0, 0.05) is 5.33 Å². The molecule has 0 amide bonds. The quantitative estimate of drug-likeness (QED) is 0.402. The molecule has 1 unspecified atom stereocenters. The summed E-state index contributed by atoms with van der Waals surface area (Å²) in [5, 5.41) is 1.13. The highest BCUT2D eigenvalue weighted by Gasteiger charge is 1.58. The first-order chi connectivity index (χ1) is 1.91. The van der Waals surface area contributed by atoms with Crippen molar-refractivity contribution in [3.8, 4) is 0 Å². The Morgan fingerprint density at radius 2 is 1.80 bits per heavy atom. The van der Waals surface area contributed by atoms with Gasteiger partial charge < -0.3 is 0 Å². The molecule has 0 spiro atoms. The summed E-state index contributed by atoms with van der Waals surface area (Å²) in [5.74, 6) is 0. The number of rotatable bonds is 1. The summed E-state index contributed by atoms with van der Waals surface area (Å²) in [4.78, 5) is 0. The third kappa shape index (κ3) is 11.4. The van der Waals surface area contributed by atoms with Gasteiger partial charge in [0.2, 0.25) is 0 Å². The van der Waals surface area contributed by atoms with Crippen LogP contribution in [0.3, 0.4) is 0 Å². The summed E-state index contributed by atoms with van der Waals surface area (Å²) in [7, 11) is 0. The van der Waals surface area contributed by atoms with Crippen LogP contribution in [0.2, 0.25) is 0 Å². The lowest BCUT2D eigenvalue weighted by molar-refractivity contribution is 1.12. The molecule has 0 aromatic rings. The second-order valence-electron chi connectivity index (χ2n) is 0.689. The fourth-order valence-electron chi connectivity index (χ4n) is 0. The van der Waals surface area contributed by atoms with Crippen molar-refractivity contribution in [3.63, 3.8) is 0 Å². The van der Waals surface area contributed by atoms with Gasteiger partial charge >= 0.3 is 0 Å². The summed E-state index contributed by atoms with van der Waals surface area (Å²) in [5.41, 5.74) is 0. The molecule has 2 heteroatoms. The highest BCUT2D eigenvalue weighted by Crippen LogP contribution is 1.80. The van der Waals surface area contributed by atoms with Crippen LogP contribution in [-0.4, -0.2) is 5.33 Å². The molecule has 0 fully saturated rings. The van der Waals surface area contributed by atoms with Crippen LogP contribution >= 0.6 is 25.8 Å². The van der Waals surface area contributed by atoms with Crippen LogP contribution < -0.4 is 0 Å². The maximum absolute atomic E-state index is 3.25. The first kappa shape index (κ1) is 9.32. The normalized spacial score (nSPS) is 6.00. The van der Waals surface area contributed by atoms with E-state index >= 15 is 0 Å². The molecule has 0 rings (SSSR count). The Kier molecular flexibility index (Phi) is 16.5. The monoisotopic (exact) mass is 156 g/mol. The zero-order chi connectivity index (χ0) is 3.41. The lowest BCUT2D eigenvalue weighted by Crippen LogP contribution is -1.54. The molecule has 0 N–H and O–H groups in total. The van der Waals surface area contributed by atoms with E-state index in [0.29, 0.717) is 0 Å². The van der Waals surface area contributed by atoms with Crippen molar-refractivity contribution >= 4 is 25.8 Å². The van der Waals surface area contributed by atoms with E-state index in [1.165, 1.54) is 6.42 Å². The second-order valence-corrected chi connectivity index (χ2v) is 1.48. The predicted octanol–water partition coefficient (Wildman–Crippen LogP) is 1.85. The van der Waals surface area contributed by atoms with Crippen LogP contribution in [0.25, 0.3) is 0 Å². The molecule has 0 aliphatic rings. The molecule has 0 radical (unpaired) electrons. The maximum Gasteiger partial charge on any atom is 0.00286 e. The van der Waals surface area contributed by atoms with Crippen molar-refractivity contribution in [1.82, 2.24) is 0 Å². The van der Waals surface area contributed by atoms with E-state index in [1.807, 2.05) is 0 Å². The van der Waals surface area contributed by atoms with E-state index in [-0.39, 0.29) is 9.90 Å². The van der Waals surface area contributed by atoms with Gasteiger partial charge in [0.25, 0.3) is 0 Å². The average molecular weight is 157 g/mol. The van der Waals surface area contributed by atoms with Gasteiger partial charge in [-0.3, -0.25) is 0 Å². The highest BCUT2D eigenvalue weighted by molar-refractivity contribution is 9.09. The van der Waals surface area contributed by atoms with Gasteiger partial charge in [-0.05, 0) is 6.42 Å². The number of alkyl halides is 1. The molecule has 0 saturated carbocycles. The van der Waals surface area contributed by atoms with Crippen molar-refractivity contribution in [2.24, 2.45) is 0 Å². The fourth-order valence-corrected chi connectivity index (χ4v) is 0. The summed E-state index contributed by atoms with van der Waals surface area (Å²) >= 11 is 3.25. The number of hydrogen-bond donors (Lipinski definition) is 0. The average Bonchev–Trinajstić information content (AvgIpc) is 1.37. The SMILES string of the molecule is CCCBr.P. The number of hydrogen-bond acceptors (Lipinski definition) is 0. The van der Waals surface area contributed by atoms with Gasteiger partial charge in [0.05, 0.1) is 0 Å². The van der Waals surface area contributed by atoms with Crippen molar-refractivity contribution in [2.75, 3.05) is 5.33 Å². The smallest absolute Gasteiger partial charge is 0.00286 e. The zero-order valence-electron chi connectivity index (χ0n) is 3.50. The molecule has 0 bridgehead atoms. The van der Waals surface area contributed by atoms with Gasteiger partial charge in [0.15, 0.2) is 0 Å². The summed E-state index contributed by atoms with van der Waals surface area (Å²) < 4.78 is 0. The van der Waals surface area contributed by atoms with E-state index in [4.69, 9.17) is 0 Å². The van der Waals surface area contributed by atoms with Crippen LogP contribution in [-0.2, 0) is 0 Å². The van der Waals surface area contributed by atoms with E-state index in [1.54, 1.807) is 0 Å². The van der Waals surface area contributed by atoms with Gasteiger partial charge in [0.1, 0.15) is 0 Å². The number of halogens is 1. The first-order valence-corrected chi connectivity index (χ1v) is 2.60. The summed E-state index contributed by atoms with van der Waals surface area (Å²) in [6, 6.07) is 0. The lowest BCUT2D eigenvalue weighted by Gasteiger charge is -1.66. The van der Waals surface area contributed by atoms with Gasteiger partial charge in [-0.1, -0.05) is 22.9 Å². The molecule has 0 aliphatic carbocycles. The predicted molar refractivity (Wildman–Crippen MR) is 35.2 cm³/mol. The molecular formula is C3H10BrP. The van der Waals surface area contributed by atoms with Gasteiger partial charge in [-0.15, -0.1) is 0 Å². The van der Waals surface area contributed by atoms with Crippen LogP contribution in [0.1, 0.15) is 13.3 Å². The van der Waals surface area contributed by atoms with Crippen LogP contribution in [0.15, 0.2) is 0 Å². The van der Waals surface area contributed by atoms with E-state index in [9.17, 15) is 0 Å². The minimum absolute atomic E-state index is 0. The molecule has 0 aromatic heterocycles. The van der Waals surface area contributed by atoms with Crippen molar-refractivity contribution in [1.29, 1.82) is 0 Å². The molecule has 34 valence electrons. The maximum atomic E-state index is 3.25. The van der Waals surface area contributed by atoms with Crippen molar-refractivity contribution in [2.45, 2.75) is 13.3 Å². The summed E-state index contributed by atoms with van der Waals surface area (Å²) in [6.45, 7) is 2.13. The van der Waals surface area contributed by atoms with Crippen LogP contribution in [0, 0.1) is 0 Å². The molecule has 5 heavy (non-hydrogen) atoms. The molecule has 0 nitrogen and oxygen atoms in total. The molecular weight excluding hydrogens is 147 g/mol. The summed E-state index contributed by atoms with van der Waals surface area (Å²) in [6.07, 6.45) is 1.24. The lowest BCUT2D eigenvalue weighted by atomic mass is 10.6. The topological polar surface area (TPSA) is 0 Å². The zero-order valence-corrected chi connectivity index (χ0v) is 6.50. The van der Waals surface area contributed by atoms with Crippen LogP contribution in [0.5, 0.6) is 0 Å². The van der Waals surface area contributed by atoms with E-state index in [0.717, 1.165) is 5.33 Å². The molecule has 1 atom stereocenters. The Balaban J connectivity index is 0. The third-order valence-electron chi connectivity index (χ3n) is 0.189. The molecule has 0 saturated heterocycles. The van der Waals surface area contributed by atoms with Crippen molar-refractivity contribution < 1.29 is 0 Å². The van der Waals surface area contributed by atoms with Crippen LogP contribution in [0.4, 0.5) is 0 Å².